The molecule has 1 amide bonds. The second kappa shape index (κ2) is 8.27. The van der Waals surface area contributed by atoms with Crippen LogP contribution in [-0.4, -0.2) is 29.2 Å². The largest absolute Gasteiger partial charge is 0.463 e. The molecule has 30 heavy (non-hydrogen) atoms. The van der Waals surface area contributed by atoms with Gasteiger partial charge >= 0.3 is 12.1 Å². The van der Waals surface area contributed by atoms with E-state index in [1.165, 1.54) is 23.7 Å². The Morgan fingerprint density at radius 2 is 1.97 bits per heavy atom. The maximum Gasteiger partial charge on any atom is 0.408 e. The lowest BCUT2D eigenvalue weighted by Gasteiger charge is -2.19. The highest BCUT2D eigenvalue weighted by Crippen LogP contribution is 2.27. The fourth-order valence-electron chi connectivity index (χ4n) is 2.73. The number of carbonyl (C=O) groups is 2. The summed E-state index contributed by atoms with van der Waals surface area (Å²) in [6.07, 6.45) is 0.642. The van der Waals surface area contributed by atoms with Crippen molar-refractivity contribution in [2.75, 3.05) is 6.54 Å². The van der Waals surface area contributed by atoms with Gasteiger partial charge in [-0.2, -0.15) is 0 Å². The molecule has 158 valence electrons. The monoisotopic (exact) mass is 430 g/mol. The molecule has 8 nitrogen and oxygen atoms in total. The third-order valence-corrected chi connectivity index (χ3v) is 4.90. The third kappa shape index (κ3) is 5.04. The van der Waals surface area contributed by atoms with Crippen LogP contribution in [0.2, 0.25) is 0 Å². The lowest BCUT2D eigenvalue weighted by Crippen LogP contribution is -2.36. The zero-order valence-corrected chi connectivity index (χ0v) is 18.1. The number of amides is 1. The summed E-state index contributed by atoms with van der Waals surface area (Å²) in [7, 11) is 0. The summed E-state index contributed by atoms with van der Waals surface area (Å²) in [6.45, 7) is 8.38. The van der Waals surface area contributed by atoms with E-state index in [0.29, 0.717) is 27.1 Å². The number of carbonyl (C=O) groups excluding carboxylic acids is 2. The minimum atomic E-state index is -0.718. The number of alkyl carbamates (subject to hydrolysis) is 1. The highest BCUT2D eigenvalue weighted by atomic mass is 32.1. The second-order valence-electron chi connectivity index (χ2n) is 7.72. The molecule has 0 aliphatic rings. The number of fused-ring (bicyclic) bond motifs is 1. The van der Waals surface area contributed by atoms with Gasteiger partial charge in [-0.05, 0) is 46.2 Å². The summed E-state index contributed by atoms with van der Waals surface area (Å²) in [4.78, 5) is 40.9. The van der Waals surface area contributed by atoms with Gasteiger partial charge in [0.05, 0.1) is 10.9 Å². The molecule has 0 aliphatic heterocycles. The number of hydrogen-bond donors (Lipinski definition) is 1. The highest BCUT2D eigenvalue weighted by Gasteiger charge is 2.18. The Morgan fingerprint density at radius 3 is 2.60 bits per heavy atom. The lowest BCUT2D eigenvalue weighted by molar-refractivity contribution is -0.133. The predicted octanol–water partition coefficient (Wildman–Crippen LogP) is 3.96. The van der Waals surface area contributed by atoms with Crippen molar-refractivity contribution in [1.82, 2.24) is 10.3 Å². The Morgan fingerprint density at radius 1 is 1.23 bits per heavy atom. The van der Waals surface area contributed by atoms with E-state index < -0.39 is 17.7 Å². The van der Waals surface area contributed by atoms with Crippen LogP contribution in [0.4, 0.5) is 4.79 Å². The number of nitrogens with one attached hydrogen (secondary N) is 1. The van der Waals surface area contributed by atoms with Crippen LogP contribution in [0.1, 0.15) is 32.0 Å². The molecule has 1 aromatic carbocycles. The second-order valence-corrected chi connectivity index (χ2v) is 8.57. The van der Waals surface area contributed by atoms with E-state index in [0.717, 1.165) is 5.69 Å². The molecule has 0 aliphatic carbocycles. The van der Waals surface area contributed by atoms with Gasteiger partial charge in [0, 0.05) is 17.1 Å². The lowest BCUT2D eigenvalue weighted by atomic mass is 10.1. The number of thiazole rings is 1. The van der Waals surface area contributed by atoms with E-state index in [1.807, 2.05) is 12.3 Å². The first-order valence-electron chi connectivity index (χ1n) is 9.19. The Balaban J connectivity index is 1.78. The number of esters is 1. The van der Waals surface area contributed by atoms with Crippen LogP contribution in [-0.2, 0) is 9.53 Å². The molecular weight excluding hydrogens is 408 g/mol. The molecule has 0 atom stereocenters. The fraction of sp³-hybridized carbons (Fsp3) is 0.333. The van der Waals surface area contributed by atoms with Crippen LogP contribution in [0.3, 0.4) is 0 Å². The molecule has 3 rings (SSSR count). The number of nitrogens with zero attached hydrogens (tertiary/aromatic N) is 1. The summed E-state index contributed by atoms with van der Waals surface area (Å²) in [5, 5.41) is 5.18. The Kier molecular flexibility index (Phi) is 5.93. The summed E-state index contributed by atoms with van der Waals surface area (Å²) in [5.41, 5.74) is 1.23. The molecule has 9 heteroatoms. The molecule has 0 unspecified atom stereocenters. The van der Waals surface area contributed by atoms with Crippen LogP contribution < -0.4 is 15.5 Å². The Hall–Kier alpha value is -3.20. The maximum absolute atomic E-state index is 12.9. The van der Waals surface area contributed by atoms with Crippen molar-refractivity contribution >= 4 is 34.4 Å². The normalized spacial score (nSPS) is 11.4. The number of ether oxygens (including phenoxy) is 2. The van der Waals surface area contributed by atoms with Crippen molar-refractivity contribution in [2.24, 2.45) is 0 Å². The minimum absolute atomic E-state index is 0.201. The first kappa shape index (κ1) is 21.5. The molecule has 2 heterocycles. The van der Waals surface area contributed by atoms with Gasteiger partial charge in [-0.15, -0.1) is 11.3 Å². The molecule has 0 spiro atoms. The van der Waals surface area contributed by atoms with Crippen LogP contribution in [0.15, 0.2) is 33.0 Å². The van der Waals surface area contributed by atoms with Crippen LogP contribution in [0, 0.1) is 13.8 Å². The number of aromatic nitrogens is 1. The number of benzene rings is 1. The van der Waals surface area contributed by atoms with Crippen molar-refractivity contribution < 1.29 is 23.5 Å². The van der Waals surface area contributed by atoms with E-state index in [2.05, 4.69) is 10.3 Å². The summed E-state index contributed by atoms with van der Waals surface area (Å²) >= 11 is 1.37. The van der Waals surface area contributed by atoms with Gasteiger partial charge in [-0.3, -0.25) is 4.79 Å². The molecule has 0 radical (unpaired) electrons. The zero-order chi connectivity index (χ0) is 22.1. The van der Waals surface area contributed by atoms with Crippen molar-refractivity contribution in [3.8, 4) is 16.3 Å². The van der Waals surface area contributed by atoms with E-state index in [4.69, 9.17) is 13.9 Å². The van der Waals surface area contributed by atoms with Crippen LogP contribution in [0.25, 0.3) is 21.5 Å². The van der Waals surface area contributed by atoms with Gasteiger partial charge < -0.3 is 19.2 Å². The van der Waals surface area contributed by atoms with Gasteiger partial charge in [0.25, 0.3) is 0 Å². The number of rotatable bonds is 4. The third-order valence-electron chi connectivity index (χ3n) is 3.91. The smallest absolute Gasteiger partial charge is 0.408 e. The molecular formula is C21H22N2O6S. The average Bonchev–Trinajstić information content (AvgIpc) is 3.04. The van der Waals surface area contributed by atoms with Crippen molar-refractivity contribution in [2.45, 2.75) is 40.2 Å². The first-order valence-corrected chi connectivity index (χ1v) is 10.1. The molecule has 2 aromatic heterocycles. The van der Waals surface area contributed by atoms with Gasteiger partial charge in [-0.1, -0.05) is 0 Å². The van der Waals surface area contributed by atoms with E-state index >= 15 is 0 Å². The number of hydrogen-bond acceptors (Lipinski definition) is 8. The van der Waals surface area contributed by atoms with Gasteiger partial charge in [0.1, 0.15) is 34.7 Å². The first-order chi connectivity index (χ1) is 14.0. The average molecular weight is 430 g/mol. The molecule has 3 aromatic rings. The minimum Gasteiger partial charge on any atom is -0.463 e. The topological polar surface area (TPSA) is 108 Å². The molecule has 1 N–H and O–H groups in total. The van der Waals surface area contributed by atoms with Crippen molar-refractivity contribution in [3.05, 3.63) is 45.3 Å². The SMILES string of the molecule is Cc1csc(-c2coc3cc(OC(=O)CNC(=O)OC(C)(C)C)cc(C)c3c2=O)n1. The Bertz CT molecular complexity index is 1170. The van der Waals surface area contributed by atoms with Gasteiger partial charge in [0.15, 0.2) is 0 Å². The van der Waals surface area contributed by atoms with E-state index in [-0.39, 0.29) is 17.7 Å². The maximum atomic E-state index is 12.9. The Labute approximate surface area is 176 Å². The van der Waals surface area contributed by atoms with Gasteiger partial charge in [-0.25, -0.2) is 14.6 Å². The highest BCUT2D eigenvalue weighted by molar-refractivity contribution is 7.13. The van der Waals surface area contributed by atoms with Crippen LogP contribution >= 0.6 is 11.3 Å². The standard InChI is InChI=1S/C21H22N2O6S/c1-11-6-13(28-16(24)8-22-20(26)29-21(3,4)5)7-15-17(11)18(25)14(9-27-15)19-23-12(2)10-30-19/h6-7,9-10H,8H2,1-5H3,(H,22,26). The molecule has 0 saturated heterocycles. The molecule has 0 saturated carbocycles. The fourth-order valence-corrected chi connectivity index (χ4v) is 3.53. The number of aryl methyl sites for hydroxylation is 2. The van der Waals surface area contributed by atoms with Crippen molar-refractivity contribution in [3.63, 3.8) is 0 Å². The quantitative estimate of drug-likeness (QED) is 0.493. The van der Waals surface area contributed by atoms with E-state index in [9.17, 15) is 14.4 Å². The van der Waals surface area contributed by atoms with Gasteiger partial charge in [0.2, 0.25) is 5.43 Å². The summed E-state index contributed by atoms with van der Waals surface area (Å²) in [5.74, 6) is -0.478. The summed E-state index contributed by atoms with van der Waals surface area (Å²) in [6, 6.07) is 3.04. The van der Waals surface area contributed by atoms with Crippen molar-refractivity contribution in [1.29, 1.82) is 0 Å². The summed E-state index contributed by atoms with van der Waals surface area (Å²) < 4.78 is 16.0. The molecule has 0 fully saturated rings. The molecule has 0 bridgehead atoms. The predicted molar refractivity (Wildman–Crippen MR) is 113 cm³/mol. The van der Waals surface area contributed by atoms with Crippen LogP contribution in [0.5, 0.6) is 5.75 Å². The van der Waals surface area contributed by atoms with E-state index in [1.54, 1.807) is 33.8 Å². The zero-order valence-electron chi connectivity index (χ0n) is 17.3.